The van der Waals surface area contributed by atoms with Gasteiger partial charge in [-0.1, -0.05) is 191 Å². The molecule has 6 aromatic heterocycles. The molecule has 0 amide bonds. The Morgan fingerprint density at radius 1 is 0.314 bits per heavy atom. The minimum atomic E-state index is -0.261. The molecule has 0 spiro atoms. The van der Waals surface area contributed by atoms with Crippen LogP contribution in [0.5, 0.6) is 0 Å². The molecular formula is C86H82N11Os4P4+4. The van der Waals surface area contributed by atoms with Gasteiger partial charge in [0.1, 0.15) is 21.2 Å². The molecule has 0 aliphatic heterocycles. The third-order valence-corrected chi connectivity index (χ3v) is 23.8. The van der Waals surface area contributed by atoms with Gasteiger partial charge in [0.25, 0.3) is 0 Å². The summed E-state index contributed by atoms with van der Waals surface area (Å²) in [7, 11) is -0.824. The van der Waals surface area contributed by atoms with Gasteiger partial charge in [-0.15, -0.1) is 117 Å². The number of hydrogen-bond acceptors (Lipinski definition) is 10. The first-order valence-electron chi connectivity index (χ1n) is 33.3. The molecule has 16 aromatic rings. The normalized spacial score (nSPS) is 10.6. The summed E-state index contributed by atoms with van der Waals surface area (Å²) in [5, 5.41) is 58.1. The summed E-state index contributed by atoms with van der Waals surface area (Å²) >= 11 is 0. The van der Waals surface area contributed by atoms with Crippen molar-refractivity contribution in [3.8, 4) is 56.4 Å². The van der Waals surface area contributed by atoms with Gasteiger partial charge in [0, 0.05) is 97.0 Å². The van der Waals surface area contributed by atoms with Crippen molar-refractivity contribution in [1.82, 2.24) is 56.0 Å². The Labute approximate surface area is 675 Å². The van der Waals surface area contributed by atoms with E-state index in [1.54, 1.807) is 58.4 Å². The van der Waals surface area contributed by atoms with Gasteiger partial charge in [-0.2, -0.15) is 20.4 Å². The fraction of sp³-hybridized carbons (Fsp3) is 0.116. The number of benzene rings is 10. The Kier molecular flexibility index (Phi) is 36.9. The smallest absolute Gasteiger partial charge is 0.574 e. The largest absolute Gasteiger partial charge is 2.00 e. The Bertz CT molecular complexity index is 4760. The predicted molar refractivity (Wildman–Crippen MR) is 438 cm³/mol. The van der Waals surface area contributed by atoms with Gasteiger partial charge in [-0.25, -0.2) is 20.4 Å². The van der Waals surface area contributed by atoms with Crippen LogP contribution in [0.25, 0.3) is 110 Å². The van der Waals surface area contributed by atoms with Crippen LogP contribution in [0.2, 0.25) is 0 Å². The summed E-state index contributed by atoms with van der Waals surface area (Å²) < 4.78 is 0. The van der Waals surface area contributed by atoms with E-state index in [4.69, 9.17) is 0 Å². The Morgan fingerprint density at radius 2 is 0.610 bits per heavy atom. The Balaban J connectivity index is 0.000000192. The number of rotatable bonds is 9. The Hall–Kier alpha value is -7.81. The standard InChI is InChI=1S/4C14H9N2.C12H8N3.C10H16P2.C8H18P2.4Os/c4*1-2-5-12-10-13(8-7-11(12)4-1)14-6-3-9-15-16-14;1-2-4-10-9(3-1)5-7-13-12(10)11-6-8-14-15-11;1-11(2)9-7-5-6-8-10(9)12(3)4;1-7(9(3)4)8(2)10(5)6;;;;/h4*1-7,9-10H;1-8H;5-8H,1-4H3;1-6H3;;;;/q5*-1;;;3*+1;+2/p+4. The molecule has 0 aliphatic rings. The maximum absolute atomic E-state index is 4.35. The van der Waals surface area contributed by atoms with Crippen molar-refractivity contribution in [3.63, 3.8) is 0 Å². The van der Waals surface area contributed by atoms with Crippen molar-refractivity contribution in [1.29, 1.82) is 0 Å². The van der Waals surface area contributed by atoms with Crippen LogP contribution >= 0.6 is 31.7 Å². The SMILES string of the molecule is CC(=C(C)[PH+](C)C)[PH+](C)C.C[PH+](C)c1ccccc1[PH+](C)C.[Os+2].[Os+].[Os+].[Os+].[c-]1cc2ccccc2cc1-c1cccnn1.[c-]1cc2ccccc2cc1-c1cccnn1.[c-]1cc2ccccc2cc1-c1cccnn1.[c-]1cc2ccccc2cc1-c1cccnn1.c1ccc2c(-c3ccn[n-]3)nccc2c1. The average Bonchev–Trinajstić information content (AvgIpc) is 1.38. The molecule has 10 aromatic carbocycles. The Morgan fingerprint density at radius 3 is 0.886 bits per heavy atom. The second-order valence-electron chi connectivity index (χ2n) is 24.4. The van der Waals surface area contributed by atoms with Gasteiger partial charge in [-0.05, 0) is 61.7 Å². The van der Waals surface area contributed by atoms with Crippen LogP contribution in [0.4, 0.5) is 0 Å². The molecule has 0 fully saturated rings. The van der Waals surface area contributed by atoms with Crippen molar-refractivity contribution in [2.24, 2.45) is 0 Å². The summed E-state index contributed by atoms with van der Waals surface area (Å²) in [5.74, 6) is 0. The topological polar surface area (TPSA) is 143 Å². The predicted octanol–water partition coefficient (Wildman–Crippen LogP) is 19.7. The molecule has 105 heavy (non-hydrogen) atoms. The second kappa shape index (κ2) is 45.0. The molecule has 3 radical (unpaired) electrons. The zero-order valence-corrected chi connectivity index (χ0v) is 74.2. The molecule has 16 rings (SSSR count). The fourth-order valence-electron chi connectivity index (χ4n) is 10.7. The monoisotopic (exact) mass is 2160 g/mol. The number of aromatic nitrogens is 11. The van der Waals surface area contributed by atoms with Gasteiger partial charge in [0.15, 0.2) is 0 Å². The van der Waals surface area contributed by atoms with Crippen LogP contribution in [0.15, 0.2) is 303 Å². The van der Waals surface area contributed by atoms with Crippen LogP contribution in [-0.4, -0.2) is 104 Å². The van der Waals surface area contributed by atoms with E-state index >= 15 is 0 Å². The molecule has 0 atom stereocenters. The van der Waals surface area contributed by atoms with Crippen LogP contribution in [0, 0.1) is 24.3 Å². The quantitative estimate of drug-likeness (QED) is 0.101. The maximum Gasteiger partial charge on any atom is 2.00 e. The molecule has 0 N–H and O–H groups in total. The summed E-state index contributed by atoms with van der Waals surface area (Å²) in [5.41, 5.74) is 9.05. The van der Waals surface area contributed by atoms with Crippen LogP contribution in [-0.2, 0) is 79.2 Å². The van der Waals surface area contributed by atoms with E-state index in [0.717, 1.165) is 61.8 Å². The molecule has 0 saturated carbocycles. The van der Waals surface area contributed by atoms with E-state index < -0.39 is 0 Å². The summed E-state index contributed by atoms with van der Waals surface area (Å²) in [6.45, 7) is 23.6. The third-order valence-electron chi connectivity index (χ3n) is 16.6. The third kappa shape index (κ3) is 25.4. The van der Waals surface area contributed by atoms with Gasteiger partial charge in [0.05, 0.1) is 59.0 Å². The number of allylic oxidation sites excluding steroid dienone is 2. The molecule has 6 heterocycles. The first kappa shape index (κ1) is 86.1. The molecule has 19 heteroatoms. The molecule has 0 bridgehead atoms. The number of hydrogen-bond donors (Lipinski definition) is 0. The van der Waals surface area contributed by atoms with Gasteiger partial charge >= 0.3 is 79.2 Å². The zero-order chi connectivity index (χ0) is 70.7. The van der Waals surface area contributed by atoms with Crippen molar-refractivity contribution < 1.29 is 79.2 Å². The van der Waals surface area contributed by atoms with Crippen LogP contribution in [0.1, 0.15) is 13.8 Å². The summed E-state index contributed by atoms with van der Waals surface area (Å²) in [6.07, 6.45) is 10.2. The molecule has 529 valence electrons. The molecule has 0 aliphatic carbocycles. The number of pyridine rings is 1. The zero-order valence-electron chi connectivity index (χ0n) is 60.0. The van der Waals surface area contributed by atoms with Crippen molar-refractivity contribution >= 4 is 96.2 Å². The van der Waals surface area contributed by atoms with Crippen molar-refractivity contribution in [2.45, 2.75) is 13.8 Å². The van der Waals surface area contributed by atoms with E-state index in [2.05, 4.69) is 251 Å². The minimum Gasteiger partial charge on any atom is -0.574 e. The van der Waals surface area contributed by atoms with E-state index in [-0.39, 0.29) is 111 Å². The first-order chi connectivity index (χ1) is 49.3. The second-order valence-corrected chi connectivity index (χ2v) is 35.0. The van der Waals surface area contributed by atoms with Gasteiger partial charge < -0.3 is 10.2 Å². The van der Waals surface area contributed by atoms with E-state index in [0.29, 0.717) is 0 Å². The van der Waals surface area contributed by atoms with Gasteiger partial charge in [-0.3, -0.25) is 4.98 Å². The van der Waals surface area contributed by atoms with Crippen LogP contribution in [0.3, 0.4) is 0 Å². The summed E-state index contributed by atoms with van der Waals surface area (Å²) in [6, 6.07) is 98.3. The first-order valence-corrected chi connectivity index (χ1v) is 43.3. The number of nitrogens with zero attached hydrogens (tertiary/aromatic N) is 11. The molecular weight excluding hydrogens is 2070 g/mol. The number of fused-ring (bicyclic) bond motifs is 5. The van der Waals surface area contributed by atoms with E-state index in [1.807, 2.05) is 152 Å². The molecule has 11 nitrogen and oxygen atoms in total. The van der Waals surface area contributed by atoms with Crippen LogP contribution < -0.4 is 15.7 Å². The van der Waals surface area contributed by atoms with Crippen molar-refractivity contribution in [2.75, 3.05) is 53.3 Å². The molecule has 0 saturated heterocycles. The van der Waals surface area contributed by atoms with E-state index in [1.165, 1.54) is 48.5 Å². The minimum absolute atomic E-state index is 0. The summed E-state index contributed by atoms with van der Waals surface area (Å²) in [4.78, 5) is 4.35. The maximum atomic E-state index is 4.35. The average molecular weight is 2150 g/mol. The van der Waals surface area contributed by atoms with Gasteiger partial charge in [0.2, 0.25) is 0 Å². The van der Waals surface area contributed by atoms with Crippen molar-refractivity contribution in [3.05, 3.63) is 327 Å². The molecule has 0 unspecified atom stereocenters. The fourth-order valence-corrected chi connectivity index (χ4v) is 17.3. The van der Waals surface area contributed by atoms with E-state index in [9.17, 15) is 0 Å².